The van der Waals surface area contributed by atoms with Gasteiger partial charge in [0.05, 0.1) is 22.2 Å². The second-order valence-electron chi connectivity index (χ2n) is 10.1. The molecule has 9 nitrogen and oxygen atoms in total. The van der Waals surface area contributed by atoms with Crippen molar-refractivity contribution in [3.05, 3.63) is 52.8 Å². The summed E-state index contributed by atoms with van der Waals surface area (Å²) in [6, 6.07) is 12.5. The van der Waals surface area contributed by atoms with Gasteiger partial charge in [0, 0.05) is 36.9 Å². The molecule has 198 valence electrons. The highest BCUT2D eigenvalue weighted by molar-refractivity contribution is 7.19. The van der Waals surface area contributed by atoms with Crippen molar-refractivity contribution in [3.63, 3.8) is 0 Å². The molecule has 1 N–H and O–H groups in total. The predicted octanol–water partition coefficient (Wildman–Crippen LogP) is 6.18. The van der Waals surface area contributed by atoms with Gasteiger partial charge in [-0.2, -0.15) is 5.26 Å². The van der Waals surface area contributed by atoms with E-state index in [1.807, 2.05) is 46.8 Å². The maximum atomic E-state index is 13.2. The number of thiazole rings is 1. The van der Waals surface area contributed by atoms with E-state index in [2.05, 4.69) is 16.4 Å². The number of halogens is 1. The number of carbonyl (C=O) groups excluding carboxylic acids is 2. The molecule has 1 aromatic carbocycles. The number of hydrogen-bond donors (Lipinski definition) is 1. The molecule has 3 heterocycles. The van der Waals surface area contributed by atoms with Gasteiger partial charge in [0.1, 0.15) is 10.8 Å². The number of anilines is 1. The standard InChI is InChI=1S/C27H29ClN6O3S/c1-16-11-20(13-21(28)30-16)23-22(19-8-6-7-18(12-19)14-29)31-24(38-23)32-25(35)33-9-10-34(17(2)15-33)26(36)37-27(3,4)5/h6-8,11-13,17H,9-10,15H2,1-5H3,(H,31,32,35)/t17-/m0/s1. The lowest BCUT2D eigenvalue weighted by molar-refractivity contribution is 0.00589. The molecule has 38 heavy (non-hydrogen) atoms. The quantitative estimate of drug-likeness (QED) is 0.388. The molecular formula is C27H29ClN6O3S. The Morgan fingerprint density at radius 2 is 1.95 bits per heavy atom. The third kappa shape index (κ3) is 6.41. The number of rotatable bonds is 3. The minimum atomic E-state index is -0.587. The number of aromatic nitrogens is 2. The summed E-state index contributed by atoms with van der Waals surface area (Å²) in [5.74, 6) is 0. The van der Waals surface area contributed by atoms with E-state index in [-0.39, 0.29) is 18.2 Å². The molecule has 3 aromatic rings. The summed E-state index contributed by atoms with van der Waals surface area (Å²) in [4.78, 5) is 38.8. The van der Waals surface area contributed by atoms with Gasteiger partial charge in [-0.1, -0.05) is 35.1 Å². The summed E-state index contributed by atoms with van der Waals surface area (Å²) < 4.78 is 5.50. The second-order valence-corrected chi connectivity index (χ2v) is 11.5. The lowest BCUT2D eigenvalue weighted by Gasteiger charge is -2.40. The number of amides is 3. The highest BCUT2D eigenvalue weighted by Gasteiger charge is 2.33. The first-order valence-corrected chi connectivity index (χ1v) is 13.3. The highest BCUT2D eigenvalue weighted by atomic mass is 35.5. The van der Waals surface area contributed by atoms with E-state index < -0.39 is 5.60 Å². The zero-order valence-electron chi connectivity index (χ0n) is 21.9. The average Bonchev–Trinajstić information content (AvgIpc) is 3.26. The van der Waals surface area contributed by atoms with Crippen LogP contribution in [0.2, 0.25) is 5.15 Å². The number of nitriles is 1. The van der Waals surface area contributed by atoms with Crippen LogP contribution in [0.4, 0.5) is 14.7 Å². The number of hydrogen-bond acceptors (Lipinski definition) is 7. The lowest BCUT2D eigenvalue weighted by Crippen LogP contribution is -2.57. The smallest absolute Gasteiger partial charge is 0.410 e. The Morgan fingerprint density at radius 3 is 2.61 bits per heavy atom. The molecule has 1 atom stereocenters. The van der Waals surface area contributed by atoms with Crippen LogP contribution in [0, 0.1) is 18.3 Å². The zero-order valence-corrected chi connectivity index (χ0v) is 23.5. The molecule has 1 saturated heterocycles. The number of benzene rings is 1. The molecule has 0 radical (unpaired) electrons. The number of piperazine rings is 1. The van der Waals surface area contributed by atoms with Crippen LogP contribution in [0.1, 0.15) is 39.0 Å². The lowest BCUT2D eigenvalue weighted by atomic mass is 10.1. The summed E-state index contributed by atoms with van der Waals surface area (Å²) >= 11 is 7.56. The van der Waals surface area contributed by atoms with E-state index >= 15 is 0 Å². The number of ether oxygens (including phenoxy) is 1. The van der Waals surface area contributed by atoms with Crippen molar-refractivity contribution >= 4 is 40.2 Å². The van der Waals surface area contributed by atoms with Crippen molar-refractivity contribution in [2.75, 3.05) is 25.0 Å². The van der Waals surface area contributed by atoms with Crippen molar-refractivity contribution in [2.45, 2.75) is 46.3 Å². The first kappa shape index (κ1) is 27.4. The van der Waals surface area contributed by atoms with Crippen LogP contribution < -0.4 is 5.32 Å². The molecule has 0 unspecified atom stereocenters. The van der Waals surface area contributed by atoms with Crippen LogP contribution in [0.5, 0.6) is 0 Å². The van der Waals surface area contributed by atoms with Crippen molar-refractivity contribution in [2.24, 2.45) is 0 Å². The first-order valence-electron chi connectivity index (χ1n) is 12.1. The Kier molecular flexibility index (Phi) is 7.90. The minimum absolute atomic E-state index is 0.206. The van der Waals surface area contributed by atoms with Crippen LogP contribution in [0.3, 0.4) is 0 Å². The fourth-order valence-corrected chi connectivity index (χ4v) is 5.38. The normalized spacial score (nSPS) is 15.7. The van der Waals surface area contributed by atoms with E-state index in [1.165, 1.54) is 11.3 Å². The minimum Gasteiger partial charge on any atom is -0.444 e. The largest absolute Gasteiger partial charge is 0.444 e. The third-order valence-electron chi connectivity index (χ3n) is 5.83. The summed E-state index contributed by atoms with van der Waals surface area (Å²) in [6.45, 7) is 10.3. The number of carbonyl (C=O) groups is 2. The molecule has 0 saturated carbocycles. The Balaban J connectivity index is 1.57. The molecular weight excluding hydrogens is 524 g/mol. The second kappa shape index (κ2) is 11.0. The molecule has 0 spiro atoms. The zero-order chi connectivity index (χ0) is 27.6. The molecule has 2 aromatic heterocycles. The van der Waals surface area contributed by atoms with E-state index in [0.29, 0.717) is 41.2 Å². The van der Waals surface area contributed by atoms with Gasteiger partial charge in [-0.3, -0.25) is 5.32 Å². The van der Waals surface area contributed by atoms with Gasteiger partial charge >= 0.3 is 12.1 Å². The summed E-state index contributed by atoms with van der Waals surface area (Å²) in [7, 11) is 0. The van der Waals surface area contributed by atoms with Gasteiger partial charge in [0.25, 0.3) is 0 Å². The van der Waals surface area contributed by atoms with Crippen LogP contribution in [0.25, 0.3) is 21.7 Å². The molecule has 1 aliphatic rings. The molecule has 11 heteroatoms. The van der Waals surface area contributed by atoms with Crippen LogP contribution >= 0.6 is 22.9 Å². The topological polar surface area (TPSA) is 111 Å². The molecule has 1 aliphatic heterocycles. The van der Waals surface area contributed by atoms with Crippen LogP contribution in [-0.4, -0.2) is 63.2 Å². The van der Waals surface area contributed by atoms with E-state index in [0.717, 1.165) is 21.7 Å². The Morgan fingerprint density at radius 1 is 1.18 bits per heavy atom. The monoisotopic (exact) mass is 552 g/mol. The van der Waals surface area contributed by atoms with Gasteiger partial charge in [0.2, 0.25) is 0 Å². The third-order valence-corrected chi connectivity index (χ3v) is 7.05. The first-order chi connectivity index (χ1) is 17.9. The Labute approximate surface area is 231 Å². The van der Waals surface area contributed by atoms with E-state index in [9.17, 15) is 14.9 Å². The van der Waals surface area contributed by atoms with Gasteiger partial charge < -0.3 is 14.5 Å². The molecule has 0 bridgehead atoms. The van der Waals surface area contributed by atoms with Crippen LogP contribution in [0.15, 0.2) is 36.4 Å². The van der Waals surface area contributed by atoms with Crippen LogP contribution in [-0.2, 0) is 4.74 Å². The van der Waals surface area contributed by atoms with Crippen molar-refractivity contribution < 1.29 is 14.3 Å². The fraction of sp³-hybridized carbons (Fsp3) is 0.370. The number of nitrogens with zero attached hydrogens (tertiary/aromatic N) is 5. The molecule has 3 amide bonds. The van der Waals surface area contributed by atoms with Gasteiger partial charge in [-0.15, -0.1) is 0 Å². The van der Waals surface area contributed by atoms with Gasteiger partial charge in [0.15, 0.2) is 5.13 Å². The fourth-order valence-electron chi connectivity index (χ4n) is 4.16. The van der Waals surface area contributed by atoms with Crippen molar-refractivity contribution in [1.82, 2.24) is 19.8 Å². The maximum Gasteiger partial charge on any atom is 0.410 e. The van der Waals surface area contributed by atoms with Gasteiger partial charge in [-0.25, -0.2) is 19.6 Å². The Bertz CT molecular complexity index is 1390. The maximum absolute atomic E-state index is 13.2. The number of nitrogens with one attached hydrogen (secondary N) is 1. The summed E-state index contributed by atoms with van der Waals surface area (Å²) in [5, 5.41) is 13.1. The van der Waals surface area contributed by atoms with Crippen molar-refractivity contribution in [3.8, 4) is 27.8 Å². The number of aryl methyl sites for hydroxylation is 1. The van der Waals surface area contributed by atoms with E-state index in [1.54, 1.807) is 34.1 Å². The predicted molar refractivity (Wildman–Crippen MR) is 148 cm³/mol. The highest BCUT2D eigenvalue weighted by Crippen LogP contribution is 2.40. The molecule has 0 aliphatic carbocycles. The number of urea groups is 1. The molecule has 4 rings (SSSR count). The van der Waals surface area contributed by atoms with E-state index in [4.69, 9.17) is 21.3 Å². The summed E-state index contributed by atoms with van der Waals surface area (Å²) in [5.41, 5.74) is 2.87. The average molecular weight is 553 g/mol. The Hall–Kier alpha value is -3.68. The van der Waals surface area contributed by atoms with Gasteiger partial charge in [-0.05, 0) is 64.4 Å². The number of pyridine rings is 1. The summed E-state index contributed by atoms with van der Waals surface area (Å²) in [6.07, 6.45) is -0.384. The SMILES string of the molecule is Cc1cc(-c2sc(NC(=O)N3CCN(C(=O)OC(C)(C)C)[C@@H](C)C3)nc2-c2cccc(C#N)c2)cc(Cl)n1. The van der Waals surface area contributed by atoms with Crippen molar-refractivity contribution in [1.29, 1.82) is 5.26 Å². The molecule has 1 fully saturated rings.